The molecule has 0 spiro atoms. The first-order valence-electron chi connectivity index (χ1n) is 6.29. The maximum atomic E-state index is 6.05. The van der Waals surface area contributed by atoms with Crippen molar-refractivity contribution in [3.05, 3.63) is 35.5 Å². The molecule has 18 heavy (non-hydrogen) atoms. The Bertz CT molecular complexity index is 570. The molecule has 0 bridgehead atoms. The van der Waals surface area contributed by atoms with Gasteiger partial charge in [-0.15, -0.1) is 0 Å². The summed E-state index contributed by atoms with van der Waals surface area (Å²) in [5.74, 6) is 0. The van der Waals surface area contributed by atoms with Crippen molar-refractivity contribution in [2.24, 2.45) is 5.73 Å². The Morgan fingerprint density at radius 2 is 2.22 bits per heavy atom. The molecule has 2 N–H and O–H groups in total. The second kappa shape index (κ2) is 4.75. The number of nitrogens with two attached hydrogens (primary N) is 1. The standard InChI is InChI=1S/C14H16ClN3/c15-10-3-4-12-13(8-10)17-6-5-14(12)18-7-1-2-11(16)9-18/h3-6,8,11H,1-2,7,9,16H2/t11-/m0/s1. The number of nitrogens with zero attached hydrogens (tertiary/aromatic N) is 2. The van der Waals surface area contributed by atoms with E-state index in [1.54, 1.807) is 0 Å². The third-order valence-electron chi connectivity index (χ3n) is 3.48. The van der Waals surface area contributed by atoms with Crippen molar-refractivity contribution in [2.75, 3.05) is 18.0 Å². The zero-order valence-corrected chi connectivity index (χ0v) is 10.9. The summed E-state index contributed by atoms with van der Waals surface area (Å²) in [6.07, 6.45) is 4.11. The van der Waals surface area contributed by atoms with Crippen molar-refractivity contribution in [1.82, 2.24) is 4.98 Å². The minimum atomic E-state index is 0.272. The lowest BCUT2D eigenvalue weighted by Crippen LogP contribution is -2.42. The molecule has 0 radical (unpaired) electrons. The van der Waals surface area contributed by atoms with Gasteiger partial charge in [0.1, 0.15) is 0 Å². The minimum absolute atomic E-state index is 0.272. The van der Waals surface area contributed by atoms with E-state index in [-0.39, 0.29) is 6.04 Å². The van der Waals surface area contributed by atoms with Crippen molar-refractivity contribution in [3.63, 3.8) is 0 Å². The number of hydrogen-bond donors (Lipinski definition) is 1. The molecular weight excluding hydrogens is 246 g/mol. The molecule has 3 rings (SSSR count). The van der Waals surface area contributed by atoms with Crippen molar-refractivity contribution in [2.45, 2.75) is 18.9 Å². The monoisotopic (exact) mass is 261 g/mol. The van der Waals surface area contributed by atoms with E-state index in [9.17, 15) is 0 Å². The van der Waals surface area contributed by atoms with E-state index in [4.69, 9.17) is 17.3 Å². The highest BCUT2D eigenvalue weighted by atomic mass is 35.5. The molecule has 1 aliphatic rings. The first-order valence-corrected chi connectivity index (χ1v) is 6.66. The summed E-state index contributed by atoms with van der Waals surface area (Å²) in [6, 6.07) is 8.20. The third kappa shape index (κ3) is 2.16. The van der Waals surface area contributed by atoms with Crippen molar-refractivity contribution >= 4 is 28.2 Å². The fraction of sp³-hybridized carbons (Fsp3) is 0.357. The fourth-order valence-electron chi connectivity index (χ4n) is 2.61. The number of pyridine rings is 1. The molecule has 1 aliphatic heterocycles. The van der Waals surface area contributed by atoms with Crippen LogP contribution in [0, 0.1) is 0 Å². The molecule has 0 saturated carbocycles. The van der Waals surface area contributed by atoms with Gasteiger partial charge in [0.25, 0.3) is 0 Å². The van der Waals surface area contributed by atoms with Crippen LogP contribution in [0.2, 0.25) is 5.02 Å². The Labute approximate surface area is 112 Å². The summed E-state index contributed by atoms with van der Waals surface area (Å²) in [5.41, 5.74) is 8.21. The van der Waals surface area contributed by atoms with Crippen LogP contribution in [0.5, 0.6) is 0 Å². The molecule has 1 aromatic heterocycles. The van der Waals surface area contributed by atoms with Crippen LogP contribution in [0.1, 0.15) is 12.8 Å². The highest BCUT2D eigenvalue weighted by Gasteiger charge is 2.18. The van der Waals surface area contributed by atoms with Gasteiger partial charge in [0.2, 0.25) is 0 Å². The SMILES string of the molecule is N[C@H]1CCCN(c2ccnc3cc(Cl)ccc23)C1. The Morgan fingerprint density at radius 3 is 3.06 bits per heavy atom. The average Bonchev–Trinajstić information content (AvgIpc) is 2.37. The lowest BCUT2D eigenvalue weighted by molar-refractivity contribution is 0.507. The molecule has 1 atom stereocenters. The van der Waals surface area contributed by atoms with Gasteiger partial charge in [-0.1, -0.05) is 11.6 Å². The Balaban J connectivity index is 2.05. The quantitative estimate of drug-likeness (QED) is 0.858. The molecule has 0 unspecified atom stereocenters. The first-order chi connectivity index (χ1) is 8.74. The summed E-state index contributed by atoms with van der Waals surface area (Å²) in [6.45, 7) is 1.98. The maximum Gasteiger partial charge on any atom is 0.0737 e. The molecule has 2 heterocycles. The maximum absolute atomic E-state index is 6.05. The lowest BCUT2D eigenvalue weighted by Gasteiger charge is -2.33. The van der Waals surface area contributed by atoms with Crippen LogP contribution in [-0.2, 0) is 0 Å². The fourth-order valence-corrected chi connectivity index (χ4v) is 2.78. The van der Waals surface area contributed by atoms with E-state index < -0.39 is 0 Å². The molecule has 3 nitrogen and oxygen atoms in total. The summed E-state index contributed by atoms with van der Waals surface area (Å²) in [4.78, 5) is 6.73. The Hall–Kier alpha value is -1.32. The second-order valence-electron chi connectivity index (χ2n) is 4.84. The van der Waals surface area contributed by atoms with Gasteiger partial charge in [0.05, 0.1) is 5.52 Å². The van der Waals surface area contributed by atoms with Crippen LogP contribution in [-0.4, -0.2) is 24.1 Å². The predicted octanol–water partition coefficient (Wildman–Crippen LogP) is 2.82. The summed E-state index contributed by atoms with van der Waals surface area (Å²) < 4.78 is 0. The van der Waals surface area contributed by atoms with E-state index in [1.165, 1.54) is 5.69 Å². The predicted molar refractivity (Wildman–Crippen MR) is 76.2 cm³/mol. The van der Waals surface area contributed by atoms with Gasteiger partial charge in [-0.05, 0) is 37.1 Å². The van der Waals surface area contributed by atoms with Gasteiger partial charge in [-0.2, -0.15) is 0 Å². The normalized spacial score (nSPS) is 20.3. The molecule has 1 aromatic carbocycles. The number of piperidine rings is 1. The van der Waals surface area contributed by atoms with Crippen LogP contribution in [0.15, 0.2) is 30.5 Å². The Kier molecular flexibility index (Phi) is 3.10. The molecule has 0 aliphatic carbocycles. The van der Waals surface area contributed by atoms with Crippen LogP contribution in [0.4, 0.5) is 5.69 Å². The average molecular weight is 262 g/mol. The molecule has 0 amide bonds. The smallest absolute Gasteiger partial charge is 0.0737 e. The minimum Gasteiger partial charge on any atom is -0.369 e. The zero-order valence-electron chi connectivity index (χ0n) is 10.1. The van der Waals surface area contributed by atoms with Crippen LogP contribution in [0.25, 0.3) is 10.9 Å². The van der Waals surface area contributed by atoms with Crippen molar-refractivity contribution in [1.29, 1.82) is 0 Å². The zero-order chi connectivity index (χ0) is 12.5. The topological polar surface area (TPSA) is 42.1 Å². The number of hydrogen-bond acceptors (Lipinski definition) is 3. The molecular formula is C14H16ClN3. The summed E-state index contributed by atoms with van der Waals surface area (Å²) in [7, 11) is 0. The van der Waals surface area contributed by atoms with Crippen molar-refractivity contribution < 1.29 is 0 Å². The number of fused-ring (bicyclic) bond motifs is 1. The van der Waals surface area contributed by atoms with Crippen LogP contribution >= 0.6 is 11.6 Å². The molecule has 4 heteroatoms. The van der Waals surface area contributed by atoms with Gasteiger partial charge in [-0.3, -0.25) is 4.98 Å². The first kappa shape index (κ1) is 11.8. The van der Waals surface area contributed by atoms with Crippen LogP contribution in [0.3, 0.4) is 0 Å². The van der Waals surface area contributed by atoms with E-state index in [2.05, 4.69) is 16.0 Å². The van der Waals surface area contributed by atoms with Gasteiger partial charge in [-0.25, -0.2) is 0 Å². The van der Waals surface area contributed by atoms with Gasteiger partial charge >= 0.3 is 0 Å². The van der Waals surface area contributed by atoms with Crippen LogP contribution < -0.4 is 10.6 Å². The lowest BCUT2D eigenvalue weighted by atomic mass is 10.0. The Morgan fingerprint density at radius 1 is 1.33 bits per heavy atom. The number of anilines is 1. The van der Waals surface area contributed by atoms with Gasteiger partial charge in [0.15, 0.2) is 0 Å². The van der Waals surface area contributed by atoms with Gasteiger partial charge < -0.3 is 10.6 Å². The molecule has 1 fully saturated rings. The number of aromatic nitrogens is 1. The molecule has 2 aromatic rings. The molecule has 1 saturated heterocycles. The van der Waals surface area contributed by atoms with E-state index >= 15 is 0 Å². The number of rotatable bonds is 1. The number of halogens is 1. The highest BCUT2D eigenvalue weighted by molar-refractivity contribution is 6.31. The van der Waals surface area contributed by atoms with Crippen molar-refractivity contribution in [3.8, 4) is 0 Å². The third-order valence-corrected chi connectivity index (χ3v) is 3.72. The summed E-state index contributed by atoms with van der Waals surface area (Å²) >= 11 is 6.01. The largest absolute Gasteiger partial charge is 0.369 e. The van der Waals surface area contributed by atoms with Gasteiger partial charge in [0, 0.05) is 41.4 Å². The summed E-state index contributed by atoms with van der Waals surface area (Å²) in [5, 5.41) is 1.87. The van der Waals surface area contributed by atoms with E-state index in [0.29, 0.717) is 0 Å². The highest BCUT2D eigenvalue weighted by Crippen LogP contribution is 2.29. The second-order valence-corrected chi connectivity index (χ2v) is 5.28. The molecule has 94 valence electrons. The van der Waals surface area contributed by atoms with E-state index in [0.717, 1.165) is 41.9 Å². The number of benzene rings is 1. The van der Waals surface area contributed by atoms with E-state index in [1.807, 2.05) is 24.4 Å².